The van der Waals surface area contributed by atoms with E-state index < -0.39 is 9.84 Å². The lowest BCUT2D eigenvalue weighted by molar-refractivity contribution is 0.306. The second kappa shape index (κ2) is 5.67. The Hall–Kier alpha value is -2.39. The van der Waals surface area contributed by atoms with Gasteiger partial charge in [-0.05, 0) is 12.1 Å². The highest BCUT2D eigenvalue weighted by Crippen LogP contribution is 2.28. The fraction of sp³-hybridized carbons (Fsp3) is 0.154. The van der Waals surface area contributed by atoms with Gasteiger partial charge in [-0.3, -0.25) is 0 Å². The van der Waals surface area contributed by atoms with Crippen molar-refractivity contribution in [2.75, 3.05) is 12.0 Å². The van der Waals surface area contributed by atoms with Crippen molar-refractivity contribution >= 4 is 38.4 Å². The Morgan fingerprint density at radius 3 is 2.87 bits per heavy atom. The van der Waals surface area contributed by atoms with Gasteiger partial charge in [0, 0.05) is 22.9 Å². The van der Waals surface area contributed by atoms with E-state index in [0.29, 0.717) is 27.5 Å². The number of halogens is 1. The molecule has 3 aromatic rings. The quantitative estimate of drug-likeness (QED) is 0.729. The molecule has 1 aromatic carbocycles. The number of hydrogen-bond acceptors (Lipinski definition) is 7. The Kier molecular flexibility index (Phi) is 3.82. The third kappa shape index (κ3) is 3.06. The standard InChI is InChI=1S/C13H12ClN5O3S/c1-23(20,21)10-4-2-3-8(14)7(10)6-22-9-5-11(15)16-13-12(9)17-19-18-13/h2-5H,6H2,1H3,(H3,15,16,17,18,19). The summed E-state index contributed by atoms with van der Waals surface area (Å²) in [6.07, 6.45) is 1.11. The number of benzene rings is 1. The van der Waals surface area contributed by atoms with Crippen LogP contribution in [0, 0.1) is 0 Å². The Bertz CT molecular complexity index is 986. The van der Waals surface area contributed by atoms with Crippen molar-refractivity contribution in [3.63, 3.8) is 0 Å². The van der Waals surface area contributed by atoms with Crippen LogP contribution < -0.4 is 10.5 Å². The van der Waals surface area contributed by atoms with Crippen LogP contribution in [0.4, 0.5) is 5.82 Å². The Morgan fingerprint density at radius 2 is 2.13 bits per heavy atom. The molecule has 8 nitrogen and oxygen atoms in total. The van der Waals surface area contributed by atoms with Crippen LogP contribution in [-0.2, 0) is 16.4 Å². The second-order valence-corrected chi connectivity index (χ2v) is 7.21. The molecule has 0 saturated carbocycles. The molecule has 0 atom stereocenters. The molecule has 120 valence electrons. The summed E-state index contributed by atoms with van der Waals surface area (Å²) < 4.78 is 29.4. The molecule has 0 aliphatic heterocycles. The molecule has 3 rings (SSSR count). The van der Waals surface area contributed by atoms with Gasteiger partial charge in [-0.25, -0.2) is 13.4 Å². The SMILES string of the molecule is CS(=O)(=O)c1cccc(Cl)c1COc1cc(N)nc2n[nH]nc12. The molecule has 0 radical (unpaired) electrons. The fourth-order valence-electron chi connectivity index (χ4n) is 2.11. The van der Waals surface area contributed by atoms with Gasteiger partial charge in [0.05, 0.1) is 4.90 Å². The van der Waals surface area contributed by atoms with Crippen LogP contribution in [-0.4, -0.2) is 35.1 Å². The molecule has 0 aliphatic rings. The lowest BCUT2D eigenvalue weighted by Crippen LogP contribution is -2.07. The van der Waals surface area contributed by atoms with Crippen LogP contribution in [0.3, 0.4) is 0 Å². The maximum absolute atomic E-state index is 11.9. The van der Waals surface area contributed by atoms with Crippen molar-refractivity contribution in [2.45, 2.75) is 11.5 Å². The Balaban J connectivity index is 1.99. The average molecular weight is 354 g/mol. The van der Waals surface area contributed by atoms with E-state index in [9.17, 15) is 8.42 Å². The van der Waals surface area contributed by atoms with E-state index in [4.69, 9.17) is 22.1 Å². The minimum atomic E-state index is -3.44. The molecule has 2 aromatic heterocycles. The number of nitrogens with two attached hydrogens (primary N) is 1. The van der Waals surface area contributed by atoms with Gasteiger partial charge in [-0.1, -0.05) is 17.7 Å². The first kappa shape index (κ1) is 15.5. The number of H-pyrrole nitrogens is 1. The molecule has 0 unspecified atom stereocenters. The lowest BCUT2D eigenvalue weighted by atomic mass is 10.2. The summed E-state index contributed by atoms with van der Waals surface area (Å²) >= 11 is 6.11. The number of rotatable bonds is 4. The molecule has 0 aliphatic carbocycles. The number of nitrogens with zero attached hydrogens (tertiary/aromatic N) is 3. The summed E-state index contributed by atoms with van der Waals surface area (Å²) in [7, 11) is -3.44. The van der Waals surface area contributed by atoms with Gasteiger partial charge in [0.2, 0.25) is 5.65 Å². The highest BCUT2D eigenvalue weighted by molar-refractivity contribution is 7.90. The zero-order chi connectivity index (χ0) is 16.6. The molecular formula is C13H12ClN5O3S. The first-order valence-corrected chi connectivity index (χ1v) is 8.70. The number of aromatic nitrogens is 4. The third-order valence-electron chi connectivity index (χ3n) is 3.12. The number of pyridine rings is 1. The van der Waals surface area contributed by atoms with Gasteiger partial charge >= 0.3 is 0 Å². The third-order valence-corrected chi connectivity index (χ3v) is 4.66. The zero-order valence-corrected chi connectivity index (χ0v) is 13.5. The topological polar surface area (TPSA) is 124 Å². The number of anilines is 1. The monoisotopic (exact) mass is 353 g/mol. The molecular weight excluding hydrogens is 342 g/mol. The summed E-state index contributed by atoms with van der Waals surface area (Å²) in [5.41, 5.74) is 6.76. The van der Waals surface area contributed by atoms with Crippen LogP contribution in [0.2, 0.25) is 5.02 Å². The van der Waals surface area contributed by atoms with E-state index in [1.54, 1.807) is 12.1 Å². The van der Waals surface area contributed by atoms with Crippen LogP contribution in [0.15, 0.2) is 29.2 Å². The number of fused-ring (bicyclic) bond motifs is 1. The first-order chi connectivity index (χ1) is 10.9. The lowest BCUT2D eigenvalue weighted by Gasteiger charge is -2.12. The number of ether oxygens (including phenoxy) is 1. The smallest absolute Gasteiger partial charge is 0.207 e. The Labute approximate surface area is 136 Å². The van der Waals surface area contributed by atoms with E-state index in [-0.39, 0.29) is 17.3 Å². The largest absolute Gasteiger partial charge is 0.486 e. The van der Waals surface area contributed by atoms with Gasteiger partial charge in [0.1, 0.15) is 12.4 Å². The van der Waals surface area contributed by atoms with Crippen LogP contribution in [0.25, 0.3) is 11.2 Å². The summed E-state index contributed by atoms with van der Waals surface area (Å²) in [6, 6.07) is 6.14. The molecule has 0 bridgehead atoms. The van der Waals surface area contributed by atoms with Gasteiger partial charge in [0.25, 0.3) is 0 Å². The highest BCUT2D eigenvalue weighted by Gasteiger charge is 2.17. The molecule has 2 heterocycles. The molecule has 0 amide bonds. The van der Waals surface area contributed by atoms with Gasteiger partial charge in [0.15, 0.2) is 21.1 Å². The average Bonchev–Trinajstić information content (AvgIpc) is 2.92. The zero-order valence-electron chi connectivity index (χ0n) is 11.9. The van der Waals surface area contributed by atoms with E-state index in [1.165, 1.54) is 12.1 Å². The molecule has 0 spiro atoms. The number of aromatic amines is 1. The van der Waals surface area contributed by atoms with E-state index in [2.05, 4.69) is 20.4 Å². The summed E-state index contributed by atoms with van der Waals surface area (Å²) in [5.74, 6) is 0.546. The van der Waals surface area contributed by atoms with Crippen molar-refractivity contribution in [1.29, 1.82) is 0 Å². The molecule has 10 heteroatoms. The number of hydrogen-bond donors (Lipinski definition) is 2. The minimum Gasteiger partial charge on any atom is -0.486 e. The normalized spacial score (nSPS) is 11.7. The molecule has 23 heavy (non-hydrogen) atoms. The predicted octanol–water partition coefficient (Wildman–Crippen LogP) is 1.57. The van der Waals surface area contributed by atoms with E-state index in [0.717, 1.165) is 6.26 Å². The van der Waals surface area contributed by atoms with Crippen molar-refractivity contribution in [1.82, 2.24) is 20.4 Å². The summed E-state index contributed by atoms with van der Waals surface area (Å²) in [4.78, 5) is 4.11. The minimum absolute atomic E-state index is 0.0620. The van der Waals surface area contributed by atoms with E-state index in [1.807, 2.05) is 0 Å². The number of nitrogen functional groups attached to an aromatic ring is 1. The van der Waals surface area contributed by atoms with Gasteiger partial charge < -0.3 is 10.5 Å². The van der Waals surface area contributed by atoms with Crippen molar-refractivity contribution < 1.29 is 13.2 Å². The summed E-state index contributed by atoms with van der Waals surface area (Å²) in [6.45, 7) is -0.0620. The van der Waals surface area contributed by atoms with Crippen molar-refractivity contribution in [3.05, 3.63) is 34.9 Å². The fourth-order valence-corrected chi connectivity index (χ4v) is 3.34. The number of sulfone groups is 1. The van der Waals surface area contributed by atoms with Gasteiger partial charge in [-0.15, -0.1) is 5.10 Å². The summed E-state index contributed by atoms with van der Waals surface area (Å²) in [5, 5.41) is 10.5. The number of nitrogens with one attached hydrogen (secondary N) is 1. The molecule has 0 saturated heterocycles. The maximum atomic E-state index is 11.9. The molecule has 3 N–H and O–H groups in total. The van der Waals surface area contributed by atoms with Crippen molar-refractivity contribution in [2.24, 2.45) is 0 Å². The van der Waals surface area contributed by atoms with Crippen LogP contribution in [0.5, 0.6) is 5.75 Å². The first-order valence-electron chi connectivity index (χ1n) is 6.43. The highest BCUT2D eigenvalue weighted by atomic mass is 35.5. The predicted molar refractivity (Wildman–Crippen MR) is 85.0 cm³/mol. The Morgan fingerprint density at radius 1 is 1.35 bits per heavy atom. The van der Waals surface area contributed by atoms with Crippen molar-refractivity contribution in [3.8, 4) is 5.75 Å². The molecule has 0 fully saturated rings. The van der Waals surface area contributed by atoms with E-state index >= 15 is 0 Å². The van der Waals surface area contributed by atoms with Gasteiger partial charge in [-0.2, -0.15) is 10.3 Å². The maximum Gasteiger partial charge on any atom is 0.207 e. The van der Waals surface area contributed by atoms with Crippen LogP contribution >= 0.6 is 11.6 Å². The second-order valence-electron chi connectivity index (χ2n) is 4.82. The van der Waals surface area contributed by atoms with Crippen LogP contribution in [0.1, 0.15) is 5.56 Å².